The average molecular weight is 311 g/mol. The van der Waals surface area contributed by atoms with E-state index in [0.717, 1.165) is 17.7 Å². The van der Waals surface area contributed by atoms with Gasteiger partial charge in [0.15, 0.2) is 0 Å². The molecule has 1 amide bonds. The molecule has 0 aromatic heterocycles. The Kier molecular flexibility index (Phi) is 6.21. The molecule has 0 heterocycles. The molecule has 2 aromatic carbocycles. The first kappa shape index (κ1) is 17.1. The van der Waals surface area contributed by atoms with Gasteiger partial charge in [-0.1, -0.05) is 56.3 Å². The Morgan fingerprint density at radius 3 is 2.26 bits per heavy atom. The Hall–Kier alpha value is -2.29. The third-order valence-corrected chi connectivity index (χ3v) is 3.94. The van der Waals surface area contributed by atoms with E-state index >= 15 is 0 Å². The van der Waals surface area contributed by atoms with E-state index in [4.69, 9.17) is 4.74 Å². The molecular weight excluding hydrogens is 286 g/mol. The minimum atomic E-state index is 0.0178. The maximum atomic E-state index is 12.3. The molecular formula is C20H25NO2. The number of carbonyl (C=O) groups excluding carboxylic acids is 1. The van der Waals surface area contributed by atoms with Crippen LogP contribution in [-0.2, 0) is 11.2 Å². The number of benzene rings is 2. The van der Waals surface area contributed by atoms with E-state index in [2.05, 4.69) is 31.3 Å². The van der Waals surface area contributed by atoms with Crippen molar-refractivity contribution < 1.29 is 9.53 Å². The summed E-state index contributed by atoms with van der Waals surface area (Å²) in [6.07, 6.45) is 1.27. The summed E-state index contributed by atoms with van der Waals surface area (Å²) in [5.41, 5.74) is 2.29. The molecule has 2 rings (SSSR count). The van der Waals surface area contributed by atoms with Gasteiger partial charge in [-0.2, -0.15) is 0 Å². The van der Waals surface area contributed by atoms with Crippen molar-refractivity contribution in [3.05, 3.63) is 65.7 Å². The molecule has 0 bridgehead atoms. The highest BCUT2D eigenvalue weighted by atomic mass is 16.5. The van der Waals surface area contributed by atoms with Crippen LogP contribution < -0.4 is 10.1 Å². The molecule has 0 saturated carbocycles. The van der Waals surface area contributed by atoms with Gasteiger partial charge in [-0.25, -0.2) is 0 Å². The second-order valence-electron chi connectivity index (χ2n) is 6.05. The molecule has 122 valence electrons. The first-order valence-corrected chi connectivity index (χ1v) is 8.07. The summed E-state index contributed by atoms with van der Waals surface area (Å²) in [4.78, 5) is 12.3. The van der Waals surface area contributed by atoms with Crippen LogP contribution in [0.2, 0.25) is 0 Å². The topological polar surface area (TPSA) is 38.3 Å². The predicted molar refractivity (Wildman–Crippen MR) is 93.5 cm³/mol. The Bertz CT molecular complexity index is 605. The predicted octanol–water partition coefficient (Wildman–Crippen LogP) is 4.14. The lowest BCUT2D eigenvalue weighted by Crippen LogP contribution is -2.31. The highest BCUT2D eigenvalue weighted by Crippen LogP contribution is 2.24. The van der Waals surface area contributed by atoms with Gasteiger partial charge in [-0.15, -0.1) is 0 Å². The smallest absolute Gasteiger partial charge is 0.220 e. The first-order chi connectivity index (χ1) is 11.1. The summed E-state index contributed by atoms with van der Waals surface area (Å²) < 4.78 is 5.19. The summed E-state index contributed by atoms with van der Waals surface area (Å²) in [6, 6.07) is 18.0. The SMILES string of the molecule is COc1ccc([C@@H](NC(=O)CCc2ccccc2)C(C)C)cc1. The number of amides is 1. The third kappa shape index (κ3) is 5.13. The van der Waals surface area contributed by atoms with Gasteiger partial charge in [0, 0.05) is 6.42 Å². The fourth-order valence-corrected chi connectivity index (χ4v) is 2.59. The Morgan fingerprint density at radius 1 is 1.04 bits per heavy atom. The van der Waals surface area contributed by atoms with Crippen LogP contribution in [0.25, 0.3) is 0 Å². The molecule has 0 saturated heterocycles. The van der Waals surface area contributed by atoms with Crippen molar-refractivity contribution in [1.82, 2.24) is 5.32 Å². The van der Waals surface area contributed by atoms with Crippen LogP contribution >= 0.6 is 0 Å². The maximum Gasteiger partial charge on any atom is 0.220 e. The number of rotatable bonds is 7. The summed E-state index contributed by atoms with van der Waals surface area (Å²) >= 11 is 0. The largest absolute Gasteiger partial charge is 0.497 e. The highest BCUT2D eigenvalue weighted by Gasteiger charge is 2.18. The van der Waals surface area contributed by atoms with Crippen molar-refractivity contribution in [1.29, 1.82) is 0 Å². The number of nitrogens with one attached hydrogen (secondary N) is 1. The number of ether oxygens (including phenoxy) is 1. The number of hydrogen-bond donors (Lipinski definition) is 1. The van der Waals surface area contributed by atoms with Crippen molar-refractivity contribution in [2.75, 3.05) is 7.11 Å². The Labute approximate surface area is 138 Å². The van der Waals surface area contributed by atoms with Gasteiger partial charge >= 0.3 is 0 Å². The van der Waals surface area contributed by atoms with Gasteiger partial charge in [0.05, 0.1) is 13.2 Å². The zero-order chi connectivity index (χ0) is 16.7. The molecule has 0 unspecified atom stereocenters. The zero-order valence-electron chi connectivity index (χ0n) is 14.1. The summed E-state index contributed by atoms with van der Waals surface area (Å²) in [6.45, 7) is 4.23. The lowest BCUT2D eigenvalue weighted by Gasteiger charge is -2.23. The van der Waals surface area contributed by atoms with Gasteiger partial charge in [-0.3, -0.25) is 4.79 Å². The van der Waals surface area contributed by atoms with Crippen LogP contribution in [0, 0.1) is 5.92 Å². The lowest BCUT2D eigenvalue weighted by molar-refractivity contribution is -0.122. The standard InChI is InChI=1S/C20H25NO2/c1-15(2)20(17-10-12-18(23-3)13-11-17)21-19(22)14-9-16-7-5-4-6-8-16/h4-8,10-13,15,20H,9,14H2,1-3H3,(H,21,22)/t20-/m0/s1. The van der Waals surface area contributed by atoms with E-state index in [0.29, 0.717) is 12.3 Å². The molecule has 3 heteroatoms. The van der Waals surface area contributed by atoms with Crippen molar-refractivity contribution >= 4 is 5.91 Å². The molecule has 2 aromatic rings. The molecule has 0 radical (unpaired) electrons. The van der Waals surface area contributed by atoms with Crippen molar-refractivity contribution in [2.45, 2.75) is 32.7 Å². The monoisotopic (exact) mass is 311 g/mol. The molecule has 0 aliphatic rings. The molecule has 0 fully saturated rings. The van der Waals surface area contributed by atoms with E-state index in [1.807, 2.05) is 42.5 Å². The third-order valence-electron chi connectivity index (χ3n) is 3.94. The van der Waals surface area contributed by atoms with Crippen molar-refractivity contribution in [3.63, 3.8) is 0 Å². The Morgan fingerprint density at radius 2 is 1.70 bits per heavy atom. The molecule has 3 nitrogen and oxygen atoms in total. The van der Waals surface area contributed by atoms with Gasteiger partial charge < -0.3 is 10.1 Å². The van der Waals surface area contributed by atoms with Crippen LogP contribution in [0.1, 0.15) is 37.4 Å². The molecule has 0 aliphatic heterocycles. The lowest BCUT2D eigenvalue weighted by atomic mass is 9.95. The summed E-state index contributed by atoms with van der Waals surface area (Å²) in [5.74, 6) is 1.24. The molecule has 1 N–H and O–H groups in total. The van der Waals surface area contributed by atoms with Crippen molar-refractivity contribution in [2.24, 2.45) is 5.92 Å². The van der Waals surface area contributed by atoms with E-state index in [9.17, 15) is 4.79 Å². The van der Waals surface area contributed by atoms with E-state index in [1.165, 1.54) is 5.56 Å². The van der Waals surface area contributed by atoms with Crippen LogP contribution in [-0.4, -0.2) is 13.0 Å². The second-order valence-corrected chi connectivity index (χ2v) is 6.05. The number of aryl methyl sites for hydroxylation is 1. The minimum absolute atomic E-state index is 0.0178. The van der Waals surface area contributed by atoms with E-state index in [-0.39, 0.29) is 11.9 Å². The van der Waals surface area contributed by atoms with Crippen molar-refractivity contribution in [3.8, 4) is 5.75 Å². The minimum Gasteiger partial charge on any atom is -0.497 e. The molecule has 23 heavy (non-hydrogen) atoms. The quantitative estimate of drug-likeness (QED) is 0.834. The van der Waals surface area contributed by atoms with Gasteiger partial charge in [0.25, 0.3) is 0 Å². The highest BCUT2D eigenvalue weighted by molar-refractivity contribution is 5.76. The fourth-order valence-electron chi connectivity index (χ4n) is 2.59. The molecule has 0 aliphatic carbocycles. The van der Waals surface area contributed by atoms with Crippen LogP contribution in [0.5, 0.6) is 5.75 Å². The van der Waals surface area contributed by atoms with Gasteiger partial charge in [0.1, 0.15) is 5.75 Å². The van der Waals surface area contributed by atoms with Crippen LogP contribution in [0.4, 0.5) is 0 Å². The van der Waals surface area contributed by atoms with Crippen LogP contribution in [0.3, 0.4) is 0 Å². The van der Waals surface area contributed by atoms with Gasteiger partial charge in [0.2, 0.25) is 5.91 Å². The maximum absolute atomic E-state index is 12.3. The normalized spacial score (nSPS) is 12.0. The average Bonchev–Trinajstić information content (AvgIpc) is 2.58. The molecule has 0 spiro atoms. The summed E-state index contributed by atoms with van der Waals surface area (Å²) in [5, 5.41) is 3.16. The zero-order valence-corrected chi connectivity index (χ0v) is 14.1. The first-order valence-electron chi connectivity index (χ1n) is 8.07. The van der Waals surface area contributed by atoms with Gasteiger partial charge in [-0.05, 0) is 35.6 Å². The number of carbonyl (C=O) groups is 1. The molecule has 1 atom stereocenters. The van der Waals surface area contributed by atoms with E-state index < -0.39 is 0 Å². The fraction of sp³-hybridized carbons (Fsp3) is 0.350. The summed E-state index contributed by atoms with van der Waals surface area (Å²) in [7, 11) is 1.65. The van der Waals surface area contributed by atoms with E-state index in [1.54, 1.807) is 7.11 Å². The van der Waals surface area contributed by atoms with Crippen LogP contribution in [0.15, 0.2) is 54.6 Å². The Balaban J connectivity index is 1.96. The second kappa shape index (κ2) is 8.37. The number of methoxy groups -OCH3 is 1. The number of hydrogen-bond acceptors (Lipinski definition) is 2.